The predicted octanol–water partition coefficient (Wildman–Crippen LogP) is 7.35. The van der Waals surface area contributed by atoms with Gasteiger partial charge in [-0.2, -0.15) is 0 Å². The third-order valence-electron chi connectivity index (χ3n) is 7.47. The molecule has 1 fully saturated rings. The molecule has 6 nitrogen and oxygen atoms in total. The van der Waals surface area contributed by atoms with Crippen molar-refractivity contribution in [3.63, 3.8) is 0 Å². The second kappa shape index (κ2) is 10.8. The van der Waals surface area contributed by atoms with Gasteiger partial charge in [0.05, 0.1) is 11.8 Å². The van der Waals surface area contributed by atoms with Gasteiger partial charge in [-0.25, -0.2) is 4.79 Å². The molecule has 1 saturated carbocycles. The average molecular weight is 511 g/mol. The molecule has 5 rings (SSSR count). The van der Waals surface area contributed by atoms with Gasteiger partial charge in [0.25, 0.3) is 0 Å². The van der Waals surface area contributed by atoms with Gasteiger partial charge in [-0.05, 0) is 106 Å². The Balaban J connectivity index is 1.50. The summed E-state index contributed by atoms with van der Waals surface area (Å²) in [5.74, 6) is 0.376. The number of ether oxygens (including phenoxy) is 1. The van der Waals surface area contributed by atoms with E-state index in [9.17, 15) is 9.59 Å². The van der Waals surface area contributed by atoms with Gasteiger partial charge in [-0.15, -0.1) is 0 Å². The molecule has 0 unspecified atom stereocenters. The number of hydrogen-bond donors (Lipinski definition) is 0. The number of rotatable bonds is 7. The second-order valence-corrected chi connectivity index (χ2v) is 10.2. The molecule has 0 spiro atoms. The standard InChI is InChI=1S/C32H34N2O4/c1-5-34-30-15-11-23(21(3)33-38-22(4)35)18-28(30)29-19-24(12-16-31(29)34)32(36)27-14-13-26(17-20(27)2)37-25-9-7-6-8-10-25/h11-19,25H,5-10H2,1-4H3/b33-21+. The smallest absolute Gasteiger partial charge is 0.331 e. The maximum absolute atomic E-state index is 13.6. The van der Waals surface area contributed by atoms with Crippen molar-refractivity contribution in [2.45, 2.75) is 72.4 Å². The molecule has 1 aliphatic carbocycles. The summed E-state index contributed by atoms with van der Waals surface area (Å²) < 4.78 is 8.45. The Morgan fingerprint density at radius 1 is 0.895 bits per heavy atom. The van der Waals surface area contributed by atoms with Gasteiger partial charge in [0.1, 0.15) is 5.75 Å². The molecule has 0 N–H and O–H groups in total. The maximum Gasteiger partial charge on any atom is 0.331 e. The Kier molecular flexibility index (Phi) is 7.32. The Hall–Kier alpha value is -3.93. The van der Waals surface area contributed by atoms with Crippen LogP contribution in [-0.4, -0.2) is 28.1 Å². The fourth-order valence-corrected chi connectivity index (χ4v) is 5.49. The molecule has 38 heavy (non-hydrogen) atoms. The van der Waals surface area contributed by atoms with Crippen molar-refractivity contribution < 1.29 is 19.2 Å². The second-order valence-electron chi connectivity index (χ2n) is 10.2. The van der Waals surface area contributed by atoms with Crippen LogP contribution in [-0.2, 0) is 16.2 Å². The normalized spacial score (nSPS) is 14.7. The number of hydrogen-bond acceptors (Lipinski definition) is 5. The van der Waals surface area contributed by atoms with E-state index in [0.29, 0.717) is 16.8 Å². The summed E-state index contributed by atoms with van der Waals surface area (Å²) in [6, 6.07) is 17.8. The quantitative estimate of drug-likeness (QED) is 0.113. The number of oxime groups is 1. The highest BCUT2D eigenvalue weighted by Gasteiger charge is 2.19. The number of fused-ring (bicyclic) bond motifs is 3. The molecule has 3 aromatic carbocycles. The number of carbonyl (C=O) groups is 2. The Morgan fingerprint density at radius 3 is 2.18 bits per heavy atom. The lowest BCUT2D eigenvalue weighted by Gasteiger charge is -2.23. The summed E-state index contributed by atoms with van der Waals surface area (Å²) in [5.41, 5.74) is 5.86. The van der Waals surface area contributed by atoms with Gasteiger partial charge < -0.3 is 14.1 Å². The minimum absolute atomic E-state index is 0.00484. The van der Waals surface area contributed by atoms with E-state index >= 15 is 0 Å². The Labute approximate surface area is 223 Å². The number of aryl methyl sites for hydroxylation is 2. The van der Waals surface area contributed by atoms with Crippen molar-refractivity contribution >= 4 is 39.3 Å². The molecule has 4 aromatic rings. The van der Waals surface area contributed by atoms with Crippen LogP contribution < -0.4 is 4.74 Å². The van der Waals surface area contributed by atoms with E-state index in [2.05, 4.69) is 22.7 Å². The van der Waals surface area contributed by atoms with E-state index in [0.717, 1.165) is 58.1 Å². The number of ketones is 1. The molecule has 1 aliphatic rings. The summed E-state index contributed by atoms with van der Waals surface area (Å²) >= 11 is 0. The monoisotopic (exact) mass is 510 g/mol. The maximum atomic E-state index is 13.6. The van der Waals surface area contributed by atoms with Crippen LogP contribution >= 0.6 is 0 Å². The fraction of sp³-hybridized carbons (Fsp3) is 0.344. The molecular formula is C32H34N2O4. The lowest BCUT2D eigenvalue weighted by molar-refractivity contribution is -0.140. The third-order valence-corrected chi connectivity index (χ3v) is 7.47. The molecule has 0 saturated heterocycles. The van der Waals surface area contributed by atoms with Crippen molar-refractivity contribution in [1.82, 2.24) is 4.57 Å². The van der Waals surface area contributed by atoms with Crippen molar-refractivity contribution in [2.24, 2.45) is 5.16 Å². The molecule has 196 valence electrons. The summed E-state index contributed by atoms with van der Waals surface area (Å²) in [6.07, 6.45) is 6.20. The van der Waals surface area contributed by atoms with Crippen molar-refractivity contribution in [3.05, 3.63) is 76.9 Å². The highest BCUT2D eigenvalue weighted by Crippen LogP contribution is 2.32. The molecule has 1 aromatic heterocycles. The van der Waals surface area contributed by atoms with Gasteiger partial charge in [0.15, 0.2) is 5.78 Å². The molecule has 0 atom stereocenters. The molecule has 0 bridgehead atoms. The summed E-state index contributed by atoms with van der Waals surface area (Å²) in [4.78, 5) is 29.7. The van der Waals surface area contributed by atoms with E-state index in [4.69, 9.17) is 9.57 Å². The number of benzene rings is 3. The van der Waals surface area contributed by atoms with Crippen LogP contribution in [0.5, 0.6) is 5.75 Å². The van der Waals surface area contributed by atoms with E-state index in [-0.39, 0.29) is 11.9 Å². The van der Waals surface area contributed by atoms with Crippen LogP contribution in [0.1, 0.15) is 79.9 Å². The van der Waals surface area contributed by atoms with Crippen molar-refractivity contribution in [3.8, 4) is 5.75 Å². The Bertz CT molecular complexity index is 1560. The summed E-state index contributed by atoms with van der Waals surface area (Å²) in [7, 11) is 0. The third kappa shape index (κ3) is 5.08. The highest BCUT2D eigenvalue weighted by molar-refractivity contribution is 6.16. The van der Waals surface area contributed by atoms with E-state index in [1.54, 1.807) is 0 Å². The summed E-state index contributed by atoms with van der Waals surface area (Å²) in [6.45, 7) is 8.02. The van der Waals surface area contributed by atoms with Crippen LogP contribution in [0.2, 0.25) is 0 Å². The lowest BCUT2D eigenvalue weighted by Crippen LogP contribution is -2.19. The van der Waals surface area contributed by atoms with Crippen LogP contribution in [0.3, 0.4) is 0 Å². The predicted molar refractivity (Wildman–Crippen MR) is 151 cm³/mol. The minimum Gasteiger partial charge on any atom is -0.490 e. The number of aromatic nitrogens is 1. The molecule has 6 heteroatoms. The number of nitrogens with zero attached hydrogens (tertiary/aromatic N) is 2. The molecule has 1 heterocycles. The number of carbonyl (C=O) groups excluding carboxylic acids is 2. The first kappa shape index (κ1) is 25.7. The summed E-state index contributed by atoms with van der Waals surface area (Å²) in [5, 5.41) is 5.97. The topological polar surface area (TPSA) is 69.9 Å². The van der Waals surface area contributed by atoms with Crippen LogP contribution in [0.15, 0.2) is 59.8 Å². The zero-order chi connectivity index (χ0) is 26.8. The van der Waals surface area contributed by atoms with Crippen LogP contribution in [0, 0.1) is 6.92 Å². The van der Waals surface area contributed by atoms with Crippen molar-refractivity contribution in [2.75, 3.05) is 0 Å². The van der Waals surface area contributed by atoms with Gasteiger partial charge >= 0.3 is 5.97 Å². The largest absolute Gasteiger partial charge is 0.490 e. The average Bonchev–Trinajstić information content (AvgIpc) is 3.24. The van der Waals surface area contributed by atoms with Crippen LogP contribution in [0.4, 0.5) is 0 Å². The first-order valence-electron chi connectivity index (χ1n) is 13.5. The van der Waals surface area contributed by atoms with Gasteiger partial charge in [0.2, 0.25) is 0 Å². The first-order valence-corrected chi connectivity index (χ1v) is 13.5. The van der Waals surface area contributed by atoms with Crippen LogP contribution in [0.25, 0.3) is 21.8 Å². The fourth-order valence-electron chi connectivity index (χ4n) is 5.49. The molecule has 0 radical (unpaired) electrons. The zero-order valence-corrected chi connectivity index (χ0v) is 22.5. The molecular weight excluding hydrogens is 476 g/mol. The first-order chi connectivity index (χ1) is 18.4. The van der Waals surface area contributed by atoms with Gasteiger partial charge in [-0.3, -0.25) is 4.79 Å². The molecule has 0 amide bonds. The highest BCUT2D eigenvalue weighted by atomic mass is 16.7. The Morgan fingerprint density at radius 2 is 1.55 bits per heavy atom. The van der Waals surface area contributed by atoms with E-state index in [1.165, 1.54) is 26.2 Å². The van der Waals surface area contributed by atoms with Crippen molar-refractivity contribution in [1.29, 1.82) is 0 Å². The van der Waals surface area contributed by atoms with E-state index < -0.39 is 5.97 Å². The van der Waals surface area contributed by atoms with E-state index in [1.807, 2.05) is 62.4 Å². The minimum atomic E-state index is -0.458. The van der Waals surface area contributed by atoms with Gasteiger partial charge in [0, 0.05) is 46.4 Å². The zero-order valence-electron chi connectivity index (χ0n) is 22.5. The molecule has 0 aliphatic heterocycles. The SMILES string of the molecule is CCn1c2ccc(C(=O)c3ccc(OC4CCCCC4)cc3C)cc2c2cc(/C(C)=N/OC(C)=O)ccc21. The van der Waals surface area contributed by atoms with Gasteiger partial charge in [-0.1, -0.05) is 17.6 Å². The lowest BCUT2D eigenvalue weighted by atomic mass is 9.96.